The van der Waals surface area contributed by atoms with Gasteiger partial charge in [-0.05, 0) is 21.5 Å². The molecule has 0 aliphatic rings. The van der Waals surface area contributed by atoms with Crippen molar-refractivity contribution in [3.05, 3.63) is 170 Å². The lowest BCUT2D eigenvalue weighted by molar-refractivity contribution is 1.65. The minimum atomic E-state index is -1.21. The Morgan fingerprint density at radius 3 is 0.763 bits per heavy atom. The van der Waals surface area contributed by atoms with Crippen LogP contribution in [0.3, 0.4) is 0 Å². The summed E-state index contributed by atoms with van der Waals surface area (Å²) >= 11 is 0. The van der Waals surface area contributed by atoms with E-state index in [0.717, 1.165) is 0 Å². The largest absolute Gasteiger partial charge is 0.155 e. The molecule has 0 aliphatic carbocycles. The number of hydrogen-bond acceptors (Lipinski definition) is 0. The van der Waals surface area contributed by atoms with Crippen LogP contribution in [-0.4, -0.2) is 17.6 Å². The van der Waals surface area contributed by atoms with Crippen molar-refractivity contribution < 1.29 is 0 Å². The average Bonchev–Trinajstić information content (AvgIpc) is 3.00. The van der Waals surface area contributed by atoms with Crippen LogP contribution in [0.25, 0.3) is 11.1 Å². The summed E-state index contributed by atoms with van der Waals surface area (Å²) in [5.41, 5.74) is 2.69. The molecular formula is C36H28Si2. The van der Waals surface area contributed by atoms with Crippen LogP contribution in [0.5, 0.6) is 0 Å². The summed E-state index contributed by atoms with van der Waals surface area (Å²) in [6.45, 7) is 0. The standard InChI is InChI=1S/C36H28Si2/c1-5-17-29(18-6-1)37(30-19-7-2-8-20-30)35-27-15-13-25-33(35)34-26-14-16-28-36(34)38(31-21-9-3-10-22-31)32-23-11-4-12-24-32/h1-28H. The molecule has 6 aromatic rings. The second-order valence-corrected chi connectivity index (χ2v) is 14.2. The number of hydrogen-bond donors (Lipinski definition) is 0. The summed E-state index contributed by atoms with van der Waals surface area (Å²) in [6, 6.07) is 62.4. The topological polar surface area (TPSA) is 0 Å². The normalized spacial score (nSPS) is 11.1. The molecule has 38 heavy (non-hydrogen) atoms. The van der Waals surface area contributed by atoms with E-state index in [1.807, 2.05) is 0 Å². The highest BCUT2D eigenvalue weighted by molar-refractivity contribution is 6.97. The fourth-order valence-corrected chi connectivity index (χ4v) is 10.8. The van der Waals surface area contributed by atoms with Crippen molar-refractivity contribution in [1.29, 1.82) is 0 Å². The lowest BCUT2D eigenvalue weighted by Gasteiger charge is -2.24. The fourth-order valence-electron chi connectivity index (χ4n) is 5.25. The summed E-state index contributed by atoms with van der Waals surface area (Å²) in [6.07, 6.45) is 0. The van der Waals surface area contributed by atoms with E-state index >= 15 is 0 Å². The van der Waals surface area contributed by atoms with Gasteiger partial charge in [0.2, 0.25) is 0 Å². The third-order valence-electron chi connectivity index (χ3n) is 6.93. The van der Waals surface area contributed by atoms with Gasteiger partial charge in [-0.3, -0.25) is 0 Å². The van der Waals surface area contributed by atoms with E-state index in [0.29, 0.717) is 0 Å². The first kappa shape index (κ1) is 24.1. The average molecular weight is 517 g/mol. The first-order valence-electron chi connectivity index (χ1n) is 13.0. The summed E-state index contributed by atoms with van der Waals surface area (Å²) in [5.74, 6) is 0. The molecular weight excluding hydrogens is 489 g/mol. The summed E-state index contributed by atoms with van der Waals surface area (Å²) in [5, 5.41) is 8.50. The Kier molecular flexibility index (Phi) is 7.25. The third kappa shape index (κ3) is 4.97. The minimum Gasteiger partial charge on any atom is -0.0624 e. The van der Waals surface area contributed by atoms with Crippen LogP contribution in [0.1, 0.15) is 0 Å². The first-order chi connectivity index (χ1) is 18.9. The predicted octanol–water partition coefficient (Wildman–Crippen LogP) is 4.39. The van der Waals surface area contributed by atoms with Crippen LogP contribution < -0.4 is 31.1 Å². The van der Waals surface area contributed by atoms with Crippen molar-refractivity contribution in [2.45, 2.75) is 0 Å². The van der Waals surface area contributed by atoms with Crippen LogP contribution >= 0.6 is 0 Å². The van der Waals surface area contributed by atoms with Crippen LogP contribution in [0, 0.1) is 0 Å². The molecule has 0 spiro atoms. The first-order valence-corrected chi connectivity index (χ1v) is 16.0. The Bertz CT molecular complexity index is 1390. The molecule has 0 heterocycles. The fraction of sp³-hybridized carbons (Fsp3) is 0. The second-order valence-electron chi connectivity index (χ2n) is 9.31. The molecule has 2 radical (unpaired) electrons. The maximum absolute atomic E-state index is 2.36. The molecule has 0 saturated heterocycles. The van der Waals surface area contributed by atoms with Crippen molar-refractivity contribution in [3.8, 4) is 11.1 Å². The van der Waals surface area contributed by atoms with Gasteiger partial charge >= 0.3 is 0 Å². The highest BCUT2D eigenvalue weighted by Gasteiger charge is 2.27. The van der Waals surface area contributed by atoms with Gasteiger partial charge in [0.25, 0.3) is 0 Å². The van der Waals surface area contributed by atoms with Crippen molar-refractivity contribution in [2.24, 2.45) is 0 Å². The van der Waals surface area contributed by atoms with E-state index in [1.165, 1.54) is 42.2 Å². The molecule has 0 unspecified atom stereocenters. The van der Waals surface area contributed by atoms with Crippen molar-refractivity contribution >= 4 is 48.7 Å². The van der Waals surface area contributed by atoms with Crippen LogP contribution in [0.2, 0.25) is 0 Å². The maximum Gasteiger partial charge on any atom is 0.155 e. The molecule has 6 rings (SSSR count). The third-order valence-corrected chi connectivity index (χ3v) is 12.5. The molecule has 0 amide bonds. The van der Waals surface area contributed by atoms with Crippen LogP contribution in [0.4, 0.5) is 0 Å². The van der Waals surface area contributed by atoms with Crippen LogP contribution in [0.15, 0.2) is 170 Å². The van der Waals surface area contributed by atoms with Gasteiger partial charge in [-0.1, -0.05) is 191 Å². The molecule has 0 aromatic heterocycles. The molecule has 6 aromatic carbocycles. The van der Waals surface area contributed by atoms with Gasteiger partial charge in [0.15, 0.2) is 17.6 Å². The van der Waals surface area contributed by atoms with Gasteiger partial charge in [-0.15, -0.1) is 0 Å². The predicted molar refractivity (Wildman–Crippen MR) is 167 cm³/mol. The van der Waals surface area contributed by atoms with Crippen molar-refractivity contribution in [3.63, 3.8) is 0 Å². The van der Waals surface area contributed by atoms with E-state index < -0.39 is 17.6 Å². The van der Waals surface area contributed by atoms with Gasteiger partial charge in [0.1, 0.15) is 0 Å². The zero-order valence-electron chi connectivity index (χ0n) is 21.2. The molecule has 0 fully saturated rings. The Balaban J connectivity index is 1.58. The molecule has 0 saturated carbocycles. The lowest BCUT2D eigenvalue weighted by Crippen LogP contribution is -2.54. The van der Waals surface area contributed by atoms with Gasteiger partial charge < -0.3 is 0 Å². The molecule has 2 heteroatoms. The quantitative estimate of drug-likeness (QED) is 0.218. The molecule has 0 aliphatic heterocycles. The molecule has 0 atom stereocenters. The van der Waals surface area contributed by atoms with Gasteiger partial charge in [-0.25, -0.2) is 0 Å². The SMILES string of the molecule is c1ccc([Si](c2ccccc2)c2ccccc2-c2ccccc2[Si](c2ccccc2)c2ccccc2)cc1. The molecule has 0 bridgehead atoms. The van der Waals surface area contributed by atoms with Gasteiger partial charge in [-0.2, -0.15) is 0 Å². The lowest BCUT2D eigenvalue weighted by atomic mass is 10.1. The maximum atomic E-state index is 2.36. The van der Waals surface area contributed by atoms with E-state index in [2.05, 4.69) is 170 Å². The smallest absolute Gasteiger partial charge is 0.0624 e. The van der Waals surface area contributed by atoms with Crippen molar-refractivity contribution in [2.75, 3.05) is 0 Å². The summed E-state index contributed by atoms with van der Waals surface area (Å²) in [4.78, 5) is 0. The van der Waals surface area contributed by atoms with E-state index in [-0.39, 0.29) is 0 Å². The monoisotopic (exact) mass is 516 g/mol. The summed E-state index contributed by atoms with van der Waals surface area (Å²) < 4.78 is 0. The van der Waals surface area contributed by atoms with Crippen LogP contribution in [-0.2, 0) is 0 Å². The Labute approximate surface area is 229 Å². The summed E-state index contributed by atoms with van der Waals surface area (Å²) in [7, 11) is -2.43. The second kappa shape index (κ2) is 11.4. The molecule has 0 N–H and O–H groups in total. The van der Waals surface area contributed by atoms with E-state index in [1.54, 1.807) is 0 Å². The van der Waals surface area contributed by atoms with Crippen molar-refractivity contribution in [1.82, 2.24) is 0 Å². The molecule has 0 nitrogen and oxygen atoms in total. The Hall–Kier alpha value is -4.25. The van der Waals surface area contributed by atoms with E-state index in [9.17, 15) is 0 Å². The highest BCUT2D eigenvalue weighted by Crippen LogP contribution is 2.18. The zero-order valence-corrected chi connectivity index (χ0v) is 23.2. The zero-order chi connectivity index (χ0) is 25.6. The Morgan fingerprint density at radius 1 is 0.237 bits per heavy atom. The molecule has 180 valence electrons. The Morgan fingerprint density at radius 2 is 0.474 bits per heavy atom. The minimum absolute atomic E-state index is 1.21. The van der Waals surface area contributed by atoms with Gasteiger partial charge in [0.05, 0.1) is 0 Å². The van der Waals surface area contributed by atoms with E-state index in [4.69, 9.17) is 0 Å². The number of benzene rings is 6. The van der Waals surface area contributed by atoms with Gasteiger partial charge in [0, 0.05) is 0 Å². The number of rotatable bonds is 7. The highest BCUT2D eigenvalue weighted by atomic mass is 28.3.